The monoisotopic (exact) mass is 358 g/mol. The second-order valence-corrected chi connectivity index (χ2v) is 5.49. The van der Waals surface area contributed by atoms with Crippen LogP contribution in [0.15, 0.2) is 40.9 Å². The molecule has 6 heteroatoms. The Balaban J connectivity index is 2.17. The Morgan fingerprint density at radius 2 is 1.52 bits per heavy atom. The van der Waals surface area contributed by atoms with E-state index in [9.17, 15) is 13.2 Å². The molecule has 2 rings (SSSR count). The van der Waals surface area contributed by atoms with Gasteiger partial charge < -0.3 is 0 Å². The van der Waals surface area contributed by atoms with E-state index in [0.29, 0.717) is 16.5 Å². The summed E-state index contributed by atoms with van der Waals surface area (Å²) in [6, 6.07) is 8.34. The molecule has 1 unspecified atom stereocenters. The predicted octanol–water partition coefficient (Wildman–Crippen LogP) is 3.48. The van der Waals surface area contributed by atoms with Crippen LogP contribution in [0.3, 0.4) is 0 Å². The normalized spacial score (nSPS) is 12.4. The van der Waals surface area contributed by atoms with Gasteiger partial charge in [0.15, 0.2) is 11.6 Å². The van der Waals surface area contributed by atoms with Crippen LogP contribution in [0.25, 0.3) is 0 Å². The first-order valence-electron chi connectivity index (χ1n) is 6.34. The van der Waals surface area contributed by atoms with E-state index < -0.39 is 11.6 Å². The third-order valence-electron chi connectivity index (χ3n) is 3.23. The molecular weight excluding hydrogens is 345 g/mol. The Kier molecular flexibility index (Phi) is 5.39. The van der Waals surface area contributed by atoms with Crippen molar-refractivity contribution in [2.45, 2.75) is 18.9 Å². The molecule has 112 valence electrons. The van der Waals surface area contributed by atoms with Gasteiger partial charge in [-0.1, -0.05) is 24.3 Å². The van der Waals surface area contributed by atoms with Crippen molar-refractivity contribution in [2.75, 3.05) is 0 Å². The van der Waals surface area contributed by atoms with E-state index in [1.54, 1.807) is 12.1 Å². The lowest BCUT2D eigenvalue weighted by atomic mass is 9.99. The van der Waals surface area contributed by atoms with Crippen molar-refractivity contribution in [1.29, 1.82) is 0 Å². The molecule has 0 saturated heterocycles. The van der Waals surface area contributed by atoms with Crippen LogP contribution in [0.5, 0.6) is 0 Å². The standard InChI is InChI=1S/C15H14BrF3N2/c16-14-9(3-1-5-12(14)17)7-11(21-20)8-10-4-2-6-13(18)15(10)19/h1-6,11,21H,7-8,20H2. The highest BCUT2D eigenvalue weighted by Gasteiger charge is 2.16. The number of benzene rings is 2. The van der Waals surface area contributed by atoms with Crippen LogP contribution in [0.1, 0.15) is 11.1 Å². The van der Waals surface area contributed by atoms with Crippen LogP contribution in [0, 0.1) is 17.5 Å². The number of rotatable bonds is 5. The smallest absolute Gasteiger partial charge is 0.162 e. The fourth-order valence-electron chi connectivity index (χ4n) is 2.13. The molecule has 0 amide bonds. The van der Waals surface area contributed by atoms with E-state index >= 15 is 0 Å². The van der Waals surface area contributed by atoms with Gasteiger partial charge in [0.05, 0.1) is 4.47 Å². The number of nitrogens with one attached hydrogen (secondary N) is 1. The first-order chi connectivity index (χ1) is 10.0. The van der Waals surface area contributed by atoms with Crippen LogP contribution in [-0.2, 0) is 12.8 Å². The summed E-state index contributed by atoms with van der Waals surface area (Å²) < 4.78 is 40.7. The van der Waals surface area contributed by atoms with E-state index in [2.05, 4.69) is 21.4 Å². The fraction of sp³-hybridized carbons (Fsp3) is 0.200. The molecule has 0 heterocycles. The van der Waals surface area contributed by atoms with Crippen molar-refractivity contribution < 1.29 is 13.2 Å². The topological polar surface area (TPSA) is 38.0 Å². The Hall–Kier alpha value is -1.37. The molecule has 0 bridgehead atoms. The van der Waals surface area contributed by atoms with E-state index in [0.717, 1.165) is 6.07 Å². The zero-order chi connectivity index (χ0) is 15.4. The summed E-state index contributed by atoms with van der Waals surface area (Å²) in [5, 5.41) is 0. The van der Waals surface area contributed by atoms with Gasteiger partial charge in [-0.15, -0.1) is 0 Å². The maximum absolute atomic E-state index is 13.7. The predicted molar refractivity (Wildman–Crippen MR) is 79.0 cm³/mol. The van der Waals surface area contributed by atoms with Crippen molar-refractivity contribution in [1.82, 2.24) is 5.43 Å². The summed E-state index contributed by atoms with van der Waals surface area (Å²) in [6.45, 7) is 0. The summed E-state index contributed by atoms with van der Waals surface area (Å²) in [5.74, 6) is 3.32. The molecule has 2 aromatic rings. The molecule has 0 aliphatic heterocycles. The van der Waals surface area contributed by atoms with Crippen LogP contribution in [-0.4, -0.2) is 6.04 Å². The molecule has 0 saturated carbocycles. The molecule has 1 atom stereocenters. The second kappa shape index (κ2) is 7.06. The molecule has 0 spiro atoms. The zero-order valence-electron chi connectivity index (χ0n) is 11.0. The maximum atomic E-state index is 13.7. The molecule has 2 aromatic carbocycles. The lowest BCUT2D eigenvalue weighted by Crippen LogP contribution is -2.38. The SMILES string of the molecule is NNC(Cc1cccc(F)c1F)Cc1cccc(F)c1Br. The molecule has 0 aromatic heterocycles. The zero-order valence-corrected chi connectivity index (χ0v) is 12.6. The largest absolute Gasteiger partial charge is 0.271 e. The average Bonchev–Trinajstić information content (AvgIpc) is 2.47. The van der Waals surface area contributed by atoms with Crippen molar-refractivity contribution in [3.05, 3.63) is 69.4 Å². The van der Waals surface area contributed by atoms with Gasteiger partial charge in [-0.05, 0) is 52.0 Å². The molecule has 0 aliphatic carbocycles. The quantitative estimate of drug-likeness (QED) is 0.634. The van der Waals surface area contributed by atoms with Gasteiger partial charge in [0, 0.05) is 6.04 Å². The van der Waals surface area contributed by atoms with E-state index in [4.69, 9.17) is 5.84 Å². The first-order valence-corrected chi connectivity index (χ1v) is 7.14. The van der Waals surface area contributed by atoms with Crippen molar-refractivity contribution >= 4 is 15.9 Å². The molecule has 21 heavy (non-hydrogen) atoms. The lowest BCUT2D eigenvalue weighted by molar-refractivity contribution is 0.473. The van der Waals surface area contributed by atoms with Gasteiger partial charge in [-0.3, -0.25) is 11.3 Å². The summed E-state index contributed by atoms with van der Waals surface area (Å²) in [7, 11) is 0. The van der Waals surface area contributed by atoms with Gasteiger partial charge >= 0.3 is 0 Å². The summed E-state index contributed by atoms with van der Waals surface area (Å²) in [4.78, 5) is 0. The highest BCUT2D eigenvalue weighted by atomic mass is 79.9. The molecule has 2 nitrogen and oxygen atoms in total. The van der Waals surface area contributed by atoms with Crippen LogP contribution >= 0.6 is 15.9 Å². The van der Waals surface area contributed by atoms with Crippen LogP contribution in [0.4, 0.5) is 13.2 Å². The second-order valence-electron chi connectivity index (χ2n) is 4.70. The minimum Gasteiger partial charge on any atom is -0.271 e. The number of hydrazine groups is 1. The molecule has 3 N–H and O–H groups in total. The van der Waals surface area contributed by atoms with Crippen LogP contribution < -0.4 is 11.3 Å². The van der Waals surface area contributed by atoms with Gasteiger partial charge in [0.2, 0.25) is 0 Å². The molecular formula is C15H14BrF3N2. The Bertz CT molecular complexity index is 581. The summed E-state index contributed by atoms with van der Waals surface area (Å²) in [6.07, 6.45) is 0.577. The first kappa shape index (κ1) is 16.0. The summed E-state index contributed by atoms with van der Waals surface area (Å²) in [5.41, 5.74) is 3.49. The van der Waals surface area contributed by atoms with E-state index in [1.807, 2.05) is 0 Å². The van der Waals surface area contributed by atoms with Gasteiger partial charge in [-0.2, -0.15) is 0 Å². The van der Waals surface area contributed by atoms with Crippen molar-refractivity contribution in [2.24, 2.45) is 5.84 Å². The van der Waals surface area contributed by atoms with Gasteiger partial charge in [-0.25, -0.2) is 13.2 Å². The maximum Gasteiger partial charge on any atom is 0.162 e. The number of halogens is 4. The molecule has 0 aliphatic rings. The number of hydrogen-bond donors (Lipinski definition) is 2. The lowest BCUT2D eigenvalue weighted by Gasteiger charge is -2.17. The third-order valence-corrected chi connectivity index (χ3v) is 4.12. The third kappa shape index (κ3) is 3.84. The highest BCUT2D eigenvalue weighted by molar-refractivity contribution is 9.10. The Morgan fingerprint density at radius 3 is 2.19 bits per heavy atom. The minimum atomic E-state index is -0.893. The number of hydrogen-bond acceptors (Lipinski definition) is 2. The van der Waals surface area contributed by atoms with E-state index in [1.165, 1.54) is 18.2 Å². The number of nitrogens with two attached hydrogens (primary N) is 1. The van der Waals surface area contributed by atoms with Gasteiger partial charge in [0.25, 0.3) is 0 Å². The molecule has 0 radical (unpaired) electrons. The van der Waals surface area contributed by atoms with Crippen molar-refractivity contribution in [3.63, 3.8) is 0 Å². The minimum absolute atomic E-state index is 0.197. The average molecular weight is 359 g/mol. The summed E-state index contributed by atoms with van der Waals surface area (Å²) >= 11 is 3.17. The Morgan fingerprint density at radius 1 is 0.952 bits per heavy atom. The Labute approximate surface area is 129 Å². The van der Waals surface area contributed by atoms with E-state index in [-0.39, 0.29) is 23.8 Å². The van der Waals surface area contributed by atoms with Gasteiger partial charge in [0.1, 0.15) is 5.82 Å². The fourth-order valence-corrected chi connectivity index (χ4v) is 2.56. The van der Waals surface area contributed by atoms with Crippen LogP contribution in [0.2, 0.25) is 0 Å². The highest BCUT2D eigenvalue weighted by Crippen LogP contribution is 2.23. The molecule has 0 fully saturated rings. The van der Waals surface area contributed by atoms with Crippen molar-refractivity contribution in [3.8, 4) is 0 Å².